The highest BCUT2D eigenvalue weighted by molar-refractivity contribution is 5.85. The molecule has 3 rings (SSSR count). The normalized spacial score (nSPS) is 41.4. The zero-order valence-corrected chi connectivity index (χ0v) is 7.50. The molecule has 0 radical (unpaired) electrons. The van der Waals surface area contributed by atoms with E-state index in [4.69, 9.17) is 0 Å². The molecule has 0 amide bonds. The summed E-state index contributed by atoms with van der Waals surface area (Å²) in [6.07, 6.45) is 1.49. The van der Waals surface area contributed by atoms with Gasteiger partial charge in [0.15, 0.2) is 0 Å². The van der Waals surface area contributed by atoms with Gasteiger partial charge < -0.3 is 5.32 Å². The van der Waals surface area contributed by atoms with E-state index < -0.39 is 0 Å². The minimum absolute atomic E-state index is 0. The first-order valence-corrected chi connectivity index (χ1v) is 3.92. The maximum absolute atomic E-state index is 3.44. The van der Waals surface area contributed by atoms with Crippen LogP contribution in [0.5, 0.6) is 0 Å². The van der Waals surface area contributed by atoms with Crippen LogP contribution in [0.3, 0.4) is 0 Å². The van der Waals surface area contributed by atoms with Crippen molar-refractivity contribution < 1.29 is 0 Å². The minimum atomic E-state index is 0. The molecule has 60 valence electrons. The highest BCUT2D eigenvalue weighted by atomic mass is 35.5. The van der Waals surface area contributed by atoms with Gasteiger partial charge in [-0.05, 0) is 36.8 Å². The van der Waals surface area contributed by atoms with Crippen molar-refractivity contribution in [3.8, 4) is 0 Å². The van der Waals surface area contributed by atoms with Gasteiger partial charge in [-0.1, -0.05) is 13.8 Å². The molecular weight excluding hydrogens is 146 g/mol. The van der Waals surface area contributed by atoms with Crippen LogP contribution in [0.1, 0.15) is 20.3 Å². The summed E-state index contributed by atoms with van der Waals surface area (Å²) in [6, 6.07) is 0. The summed E-state index contributed by atoms with van der Waals surface area (Å²) in [6.45, 7) is 7.35. The van der Waals surface area contributed by atoms with E-state index in [0.29, 0.717) is 5.41 Å². The fraction of sp³-hybridized carbons (Fsp3) is 1.00. The second-order valence-corrected chi connectivity index (χ2v) is 4.11. The SMILES string of the molecule is CC1(C)C2CNCC1C2.Cl. The summed E-state index contributed by atoms with van der Waals surface area (Å²) in [7, 11) is 0. The smallest absolute Gasteiger partial charge is 0.00151 e. The molecule has 2 atom stereocenters. The van der Waals surface area contributed by atoms with Crippen molar-refractivity contribution >= 4 is 12.4 Å². The lowest BCUT2D eigenvalue weighted by Gasteiger charge is -2.56. The van der Waals surface area contributed by atoms with Gasteiger partial charge >= 0.3 is 0 Å². The zero-order chi connectivity index (χ0) is 6.48. The molecule has 1 aliphatic carbocycles. The number of halogens is 1. The van der Waals surface area contributed by atoms with Crippen molar-refractivity contribution in [1.29, 1.82) is 0 Å². The van der Waals surface area contributed by atoms with Gasteiger partial charge in [0.25, 0.3) is 0 Å². The summed E-state index contributed by atoms with van der Waals surface area (Å²) in [5.74, 6) is 1.97. The van der Waals surface area contributed by atoms with Gasteiger partial charge in [-0.25, -0.2) is 0 Å². The number of hydrogen-bond acceptors (Lipinski definition) is 1. The Hall–Kier alpha value is 0.250. The van der Waals surface area contributed by atoms with Crippen LogP contribution in [-0.4, -0.2) is 13.1 Å². The monoisotopic (exact) mass is 161 g/mol. The molecule has 0 aromatic rings. The largest absolute Gasteiger partial charge is 0.316 e. The standard InChI is InChI=1S/C8H15N.ClH/c1-8(2)6-3-7(8)5-9-4-6;/h6-7,9H,3-5H2,1-2H3;1H. The average Bonchev–Trinajstić information content (AvgIpc) is 1.89. The zero-order valence-electron chi connectivity index (χ0n) is 6.68. The third-order valence-electron chi connectivity index (χ3n) is 3.45. The molecule has 2 heterocycles. The van der Waals surface area contributed by atoms with Gasteiger partial charge in [-0.2, -0.15) is 0 Å². The first-order chi connectivity index (χ1) is 4.21. The van der Waals surface area contributed by atoms with E-state index in [1.807, 2.05) is 0 Å². The van der Waals surface area contributed by atoms with Crippen LogP contribution in [-0.2, 0) is 0 Å². The second kappa shape index (κ2) is 2.38. The molecule has 3 aliphatic rings. The summed E-state index contributed by atoms with van der Waals surface area (Å²) < 4.78 is 0. The van der Waals surface area contributed by atoms with Crippen molar-refractivity contribution in [3.05, 3.63) is 0 Å². The molecular formula is C8H16ClN. The molecule has 1 N–H and O–H groups in total. The Morgan fingerprint density at radius 3 is 1.90 bits per heavy atom. The number of fused-ring (bicyclic) bond motifs is 2. The third kappa shape index (κ3) is 0.876. The van der Waals surface area contributed by atoms with E-state index >= 15 is 0 Å². The molecule has 2 bridgehead atoms. The van der Waals surface area contributed by atoms with Gasteiger partial charge in [-0.3, -0.25) is 0 Å². The second-order valence-electron chi connectivity index (χ2n) is 4.11. The molecule has 0 aromatic heterocycles. The maximum Gasteiger partial charge on any atom is -0.00151 e. The molecule has 2 saturated heterocycles. The van der Waals surface area contributed by atoms with E-state index in [1.54, 1.807) is 0 Å². The van der Waals surface area contributed by atoms with Crippen molar-refractivity contribution in [2.75, 3.05) is 13.1 Å². The highest BCUT2D eigenvalue weighted by Crippen LogP contribution is 2.52. The molecule has 0 aromatic carbocycles. The lowest BCUT2D eigenvalue weighted by molar-refractivity contribution is -0.0494. The first-order valence-electron chi connectivity index (χ1n) is 3.92. The average molecular weight is 162 g/mol. The van der Waals surface area contributed by atoms with Gasteiger partial charge in [0.2, 0.25) is 0 Å². The fourth-order valence-electron chi connectivity index (χ4n) is 2.25. The van der Waals surface area contributed by atoms with E-state index in [9.17, 15) is 0 Å². The predicted molar refractivity (Wildman–Crippen MR) is 45.5 cm³/mol. The van der Waals surface area contributed by atoms with Crippen molar-refractivity contribution in [2.24, 2.45) is 17.3 Å². The third-order valence-corrected chi connectivity index (χ3v) is 3.45. The van der Waals surface area contributed by atoms with Crippen LogP contribution in [0, 0.1) is 17.3 Å². The Balaban J connectivity index is 0.000000500. The van der Waals surface area contributed by atoms with Crippen molar-refractivity contribution in [2.45, 2.75) is 20.3 Å². The number of piperidine rings is 2. The van der Waals surface area contributed by atoms with Gasteiger partial charge in [0, 0.05) is 0 Å². The summed E-state index contributed by atoms with van der Waals surface area (Å²) in [5, 5.41) is 3.44. The topological polar surface area (TPSA) is 12.0 Å². The quantitative estimate of drug-likeness (QED) is 0.570. The van der Waals surface area contributed by atoms with Crippen LogP contribution in [0.25, 0.3) is 0 Å². The fourth-order valence-corrected chi connectivity index (χ4v) is 2.25. The molecule has 10 heavy (non-hydrogen) atoms. The van der Waals surface area contributed by atoms with Crippen LogP contribution in [0.2, 0.25) is 0 Å². The lowest BCUT2D eigenvalue weighted by Crippen LogP contribution is -2.58. The van der Waals surface area contributed by atoms with Gasteiger partial charge in [0.05, 0.1) is 0 Å². The molecule has 3 fully saturated rings. The Labute approximate surface area is 69.0 Å². The molecule has 2 unspecified atom stereocenters. The van der Waals surface area contributed by atoms with Crippen molar-refractivity contribution in [3.63, 3.8) is 0 Å². The van der Waals surface area contributed by atoms with Crippen LogP contribution in [0.4, 0.5) is 0 Å². The van der Waals surface area contributed by atoms with Gasteiger partial charge in [0.1, 0.15) is 0 Å². The highest BCUT2D eigenvalue weighted by Gasteiger charge is 2.49. The van der Waals surface area contributed by atoms with E-state index in [0.717, 1.165) is 11.8 Å². The maximum atomic E-state index is 3.44. The van der Waals surface area contributed by atoms with Crippen LogP contribution in [0.15, 0.2) is 0 Å². The molecule has 0 spiro atoms. The van der Waals surface area contributed by atoms with E-state index in [2.05, 4.69) is 19.2 Å². The van der Waals surface area contributed by atoms with E-state index in [1.165, 1.54) is 19.5 Å². The summed E-state index contributed by atoms with van der Waals surface area (Å²) >= 11 is 0. The predicted octanol–water partition coefficient (Wildman–Crippen LogP) is 1.67. The Bertz CT molecular complexity index is 117. The van der Waals surface area contributed by atoms with Crippen molar-refractivity contribution in [1.82, 2.24) is 5.32 Å². The Morgan fingerprint density at radius 2 is 1.70 bits per heavy atom. The first kappa shape index (κ1) is 8.35. The minimum Gasteiger partial charge on any atom is -0.316 e. The van der Waals surface area contributed by atoms with Gasteiger partial charge in [-0.15, -0.1) is 12.4 Å². The lowest BCUT2D eigenvalue weighted by atomic mass is 9.53. The number of hydrogen-bond donors (Lipinski definition) is 1. The molecule has 1 nitrogen and oxygen atoms in total. The Kier molecular flexibility index (Phi) is 1.99. The summed E-state index contributed by atoms with van der Waals surface area (Å²) in [5.41, 5.74) is 0.672. The van der Waals surface area contributed by atoms with E-state index in [-0.39, 0.29) is 12.4 Å². The number of rotatable bonds is 0. The number of nitrogens with one attached hydrogen (secondary N) is 1. The molecule has 2 aliphatic heterocycles. The molecule has 2 heteroatoms. The molecule has 1 saturated carbocycles. The van der Waals surface area contributed by atoms with Crippen LogP contribution >= 0.6 is 12.4 Å². The summed E-state index contributed by atoms with van der Waals surface area (Å²) in [4.78, 5) is 0. The van der Waals surface area contributed by atoms with Crippen LogP contribution < -0.4 is 5.32 Å². The Morgan fingerprint density at radius 1 is 1.20 bits per heavy atom.